The lowest BCUT2D eigenvalue weighted by atomic mass is 10.00. The third-order valence-electron chi connectivity index (χ3n) is 5.25. The summed E-state index contributed by atoms with van der Waals surface area (Å²) in [6.45, 7) is 0.597. The van der Waals surface area contributed by atoms with E-state index in [-0.39, 0.29) is 11.1 Å². The lowest BCUT2D eigenvalue weighted by Crippen LogP contribution is -2.19. The summed E-state index contributed by atoms with van der Waals surface area (Å²) >= 11 is 0. The van der Waals surface area contributed by atoms with Crippen LogP contribution in [0.2, 0.25) is 0 Å². The van der Waals surface area contributed by atoms with Crippen molar-refractivity contribution in [3.05, 3.63) is 76.9 Å². The molecule has 0 aliphatic heterocycles. The van der Waals surface area contributed by atoms with E-state index in [1.54, 1.807) is 18.2 Å². The predicted octanol–water partition coefficient (Wildman–Crippen LogP) is 7.97. The van der Waals surface area contributed by atoms with E-state index >= 15 is 0 Å². The zero-order chi connectivity index (χ0) is 23.8. The smallest absolute Gasteiger partial charge is 0.422 e. The summed E-state index contributed by atoms with van der Waals surface area (Å²) < 4.78 is 70.0. The molecule has 0 N–H and O–H groups in total. The maximum atomic E-state index is 14.9. The molecular formula is C27H25F5O. The first-order valence-electron chi connectivity index (χ1n) is 11.0. The molecule has 0 saturated carbocycles. The number of rotatable bonds is 8. The molecule has 0 aliphatic rings. The van der Waals surface area contributed by atoms with Crippen molar-refractivity contribution in [3.63, 3.8) is 0 Å². The molecular weight excluding hydrogens is 435 g/mol. The van der Waals surface area contributed by atoms with Crippen molar-refractivity contribution >= 4 is 10.8 Å². The number of hydrogen-bond acceptors (Lipinski definition) is 1. The van der Waals surface area contributed by atoms with Crippen molar-refractivity contribution < 1.29 is 26.7 Å². The number of benzene rings is 3. The minimum absolute atomic E-state index is 0.160. The van der Waals surface area contributed by atoms with E-state index in [1.807, 2.05) is 12.1 Å². The lowest BCUT2D eigenvalue weighted by molar-refractivity contribution is -0.153. The number of hydrogen-bond donors (Lipinski definition) is 0. The zero-order valence-electron chi connectivity index (χ0n) is 18.4. The van der Waals surface area contributed by atoms with Gasteiger partial charge in [-0.1, -0.05) is 68.7 Å². The Kier molecular flexibility index (Phi) is 8.32. The van der Waals surface area contributed by atoms with Crippen LogP contribution in [0, 0.1) is 23.5 Å². The Bertz CT molecular complexity index is 1150. The first-order valence-corrected chi connectivity index (χ1v) is 11.0. The Labute approximate surface area is 190 Å². The molecule has 3 aromatic carbocycles. The van der Waals surface area contributed by atoms with Crippen LogP contribution in [-0.2, 0) is 6.42 Å². The quantitative estimate of drug-likeness (QED) is 0.188. The fourth-order valence-corrected chi connectivity index (χ4v) is 3.52. The number of fused-ring (bicyclic) bond motifs is 1. The second kappa shape index (κ2) is 11.2. The molecule has 0 unspecified atom stereocenters. The summed E-state index contributed by atoms with van der Waals surface area (Å²) in [5.74, 6) is 3.39. The van der Waals surface area contributed by atoms with E-state index in [0.717, 1.165) is 30.4 Å². The molecule has 1 nitrogen and oxygen atoms in total. The minimum atomic E-state index is -4.56. The normalized spacial score (nSPS) is 11.3. The maximum absolute atomic E-state index is 14.9. The summed E-state index contributed by atoms with van der Waals surface area (Å²) in [6.07, 6.45) is 2.37. The molecule has 3 aromatic rings. The van der Waals surface area contributed by atoms with Gasteiger partial charge in [0, 0.05) is 10.9 Å². The standard InChI is InChI=1S/C27H25F5O/c1-2-3-4-5-6-7-19-9-14-23-22(16-19)13-12-21(26(23)29)11-8-20-10-15-25(24(28)17-20)33-18-27(30,31)32/h9-10,12-17H,2-7,18H2,1H3. The summed E-state index contributed by atoms with van der Waals surface area (Å²) in [7, 11) is 0. The van der Waals surface area contributed by atoms with Gasteiger partial charge in [0.15, 0.2) is 18.2 Å². The third kappa shape index (κ3) is 7.21. The molecule has 0 amide bonds. The number of halogens is 5. The van der Waals surface area contributed by atoms with Crippen molar-refractivity contribution in [3.8, 4) is 17.6 Å². The van der Waals surface area contributed by atoms with Crippen molar-refractivity contribution in [2.45, 2.75) is 51.6 Å². The van der Waals surface area contributed by atoms with Gasteiger partial charge in [-0.25, -0.2) is 8.78 Å². The number of alkyl halides is 3. The first-order chi connectivity index (χ1) is 15.8. The van der Waals surface area contributed by atoms with Crippen LogP contribution in [0.25, 0.3) is 10.8 Å². The molecule has 0 saturated heterocycles. The van der Waals surface area contributed by atoms with Crippen LogP contribution in [0.5, 0.6) is 5.75 Å². The van der Waals surface area contributed by atoms with Crippen molar-refractivity contribution in [1.29, 1.82) is 0 Å². The highest BCUT2D eigenvalue weighted by molar-refractivity contribution is 5.85. The number of unbranched alkanes of at least 4 members (excludes halogenated alkanes) is 4. The highest BCUT2D eigenvalue weighted by atomic mass is 19.4. The van der Waals surface area contributed by atoms with Gasteiger partial charge in [-0.2, -0.15) is 13.2 Å². The fourth-order valence-electron chi connectivity index (χ4n) is 3.52. The van der Waals surface area contributed by atoms with Crippen LogP contribution in [0.3, 0.4) is 0 Å². The van der Waals surface area contributed by atoms with E-state index in [1.165, 1.54) is 37.3 Å². The lowest BCUT2D eigenvalue weighted by Gasteiger charge is -2.09. The average molecular weight is 460 g/mol. The van der Waals surface area contributed by atoms with Gasteiger partial charge in [0.05, 0.1) is 5.56 Å². The van der Waals surface area contributed by atoms with Gasteiger partial charge in [-0.3, -0.25) is 0 Å². The molecule has 6 heteroatoms. The Morgan fingerprint density at radius 3 is 2.36 bits per heavy atom. The maximum Gasteiger partial charge on any atom is 0.422 e. The Hall–Kier alpha value is -3.07. The van der Waals surface area contributed by atoms with E-state index in [4.69, 9.17) is 0 Å². The second-order valence-electron chi connectivity index (χ2n) is 7.95. The molecule has 174 valence electrons. The molecule has 0 aliphatic carbocycles. The SMILES string of the molecule is CCCCCCCc1ccc2c(F)c(C#Cc3ccc(OCC(F)(F)F)c(F)c3)ccc2c1. The van der Waals surface area contributed by atoms with Crippen molar-refractivity contribution in [2.75, 3.05) is 6.61 Å². The molecule has 0 heterocycles. The molecule has 33 heavy (non-hydrogen) atoms. The third-order valence-corrected chi connectivity index (χ3v) is 5.25. The Morgan fingerprint density at radius 1 is 0.848 bits per heavy atom. The van der Waals surface area contributed by atoms with Crippen LogP contribution in [0.1, 0.15) is 55.7 Å². The van der Waals surface area contributed by atoms with E-state index in [0.29, 0.717) is 5.39 Å². The topological polar surface area (TPSA) is 9.23 Å². The number of aryl methyl sites for hydroxylation is 1. The van der Waals surface area contributed by atoms with Gasteiger partial charge in [-0.05, 0) is 48.1 Å². The van der Waals surface area contributed by atoms with Gasteiger partial charge >= 0.3 is 6.18 Å². The van der Waals surface area contributed by atoms with Gasteiger partial charge in [-0.15, -0.1) is 0 Å². The molecule has 0 fully saturated rings. The van der Waals surface area contributed by atoms with Crippen LogP contribution in [0.15, 0.2) is 48.5 Å². The summed E-state index contributed by atoms with van der Waals surface area (Å²) in [4.78, 5) is 0. The molecule has 0 spiro atoms. The largest absolute Gasteiger partial charge is 0.481 e. The Balaban J connectivity index is 1.72. The summed E-state index contributed by atoms with van der Waals surface area (Å²) in [5.41, 5.74) is 1.53. The predicted molar refractivity (Wildman–Crippen MR) is 120 cm³/mol. The van der Waals surface area contributed by atoms with Crippen LogP contribution >= 0.6 is 0 Å². The summed E-state index contributed by atoms with van der Waals surface area (Å²) in [6, 6.07) is 12.4. The molecule has 0 radical (unpaired) electrons. The van der Waals surface area contributed by atoms with Crippen LogP contribution < -0.4 is 4.74 Å². The molecule has 3 rings (SSSR count). The van der Waals surface area contributed by atoms with Gasteiger partial charge in [0.1, 0.15) is 5.82 Å². The second-order valence-corrected chi connectivity index (χ2v) is 7.95. The summed E-state index contributed by atoms with van der Waals surface area (Å²) in [5, 5.41) is 1.25. The fraction of sp³-hybridized carbons (Fsp3) is 0.333. The highest BCUT2D eigenvalue weighted by Gasteiger charge is 2.28. The van der Waals surface area contributed by atoms with Gasteiger partial charge in [0.25, 0.3) is 0 Å². The molecule has 0 bridgehead atoms. The number of ether oxygens (including phenoxy) is 1. The first kappa shape index (κ1) is 24.6. The minimum Gasteiger partial charge on any atom is -0.481 e. The van der Waals surface area contributed by atoms with E-state index in [9.17, 15) is 22.0 Å². The van der Waals surface area contributed by atoms with E-state index in [2.05, 4.69) is 23.5 Å². The zero-order valence-corrected chi connectivity index (χ0v) is 18.4. The van der Waals surface area contributed by atoms with Crippen molar-refractivity contribution in [1.82, 2.24) is 0 Å². The highest BCUT2D eigenvalue weighted by Crippen LogP contribution is 2.24. The van der Waals surface area contributed by atoms with Gasteiger partial charge < -0.3 is 4.74 Å². The van der Waals surface area contributed by atoms with Gasteiger partial charge in [0.2, 0.25) is 0 Å². The molecule has 0 aromatic heterocycles. The molecule has 0 atom stereocenters. The van der Waals surface area contributed by atoms with Crippen LogP contribution in [0.4, 0.5) is 22.0 Å². The van der Waals surface area contributed by atoms with E-state index < -0.39 is 30.2 Å². The van der Waals surface area contributed by atoms with Crippen LogP contribution in [-0.4, -0.2) is 12.8 Å². The Morgan fingerprint density at radius 2 is 1.64 bits per heavy atom. The van der Waals surface area contributed by atoms with Crippen molar-refractivity contribution in [2.24, 2.45) is 0 Å². The average Bonchev–Trinajstić information content (AvgIpc) is 2.77. The monoisotopic (exact) mass is 460 g/mol.